The first-order valence-corrected chi connectivity index (χ1v) is 6.02. The summed E-state index contributed by atoms with van der Waals surface area (Å²) >= 11 is 0. The van der Waals surface area contributed by atoms with Gasteiger partial charge in [-0.05, 0) is 11.6 Å². The molecule has 0 spiro atoms. The number of hydrogen-bond acceptors (Lipinski definition) is 4. The lowest BCUT2D eigenvalue weighted by molar-refractivity contribution is -0.135. The van der Waals surface area contributed by atoms with E-state index in [0.717, 1.165) is 5.56 Å². The molecule has 1 saturated heterocycles. The number of rotatable bonds is 4. The van der Waals surface area contributed by atoms with E-state index in [9.17, 15) is 9.59 Å². The van der Waals surface area contributed by atoms with Crippen molar-refractivity contribution in [3.63, 3.8) is 0 Å². The second-order valence-electron chi connectivity index (χ2n) is 4.46. The highest BCUT2D eigenvalue weighted by atomic mass is 16.5. The minimum Gasteiger partial charge on any atom is -0.478 e. The molecule has 1 fully saturated rings. The molecule has 1 amide bonds. The third-order valence-corrected chi connectivity index (χ3v) is 3.11. The number of amides is 1. The minimum atomic E-state index is -0.949. The van der Waals surface area contributed by atoms with Crippen LogP contribution in [0.3, 0.4) is 0 Å². The standard InChI is InChI=1S/C13H16N2O4/c14-12(16)11-8-15(5-6-19-11)7-9-3-1-2-4-10(9)13(17)18/h1-4,11H,5-8H2,(H2,14,16)(H,17,18)/t11-/m1/s1. The van der Waals surface area contributed by atoms with Crippen molar-refractivity contribution in [3.8, 4) is 0 Å². The Morgan fingerprint density at radius 1 is 1.42 bits per heavy atom. The number of ether oxygens (including phenoxy) is 1. The number of primary amides is 1. The largest absolute Gasteiger partial charge is 0.478 e. The summed E-state index contributed by atoms with van der Waals surface area (Å²) in [6, 6.07) is 6.84. The number of nitrogens with two attached hydrogens (primary N) is 1. The molecule has 102 valence electrons. The molecular formula is C13H16N2O4. The van der Waals surface area contributed by atoms with Crippen LogP contribution in [0, 0.1) is 0 Å². The topological polar surface area (TPSA) is 92.9 Å². The summed E-state index contributed by atoms with van der Waals surface area (Å²) in [5.74, 6) is -1.44. The Morgan fingerprint density at radius 3 is 2.84 bits per heavy atom. The number of carboxylic acids is 1. The average molecular weight is 264 g/mol. The van der Waals surface area contributed by atoms with Gasteiger partial charge < -0.3 is 15.6 Å². The van der Waals surface area contributed by atoms with E-state index >= 15 is 0 Å². The molecule has 1 aliphatic rings. The number of morpholine rings is 1. The van der Waals surface area contributed by atoms with E-state index in [0.29, 0.717) is 26.2 Å². The quantitative estimate of drug-likeness (QED) is 0.802. The van der Waals surface area contributed by atoms with E-state index in [1.54, 1.807) is 24.3 Å². The molecule has 1 aromatic rings. The minimum absolute atomic E-state index is 0.282. The molecule has 0 bridgehead atoms. The number of nitrogens with zero attached hydrogens (tertiary/aromatic N) is 1. The van der Waals surface area contributed by atoms with E-state index in [1.807, 2.05) is 4.90 Å². The summed E-state index contributed by atoms with van der Waals surface area (Å²) in [5, 5.41) is 9.12. The molecular weight excluding hydrogens is 248 g/mol. The van der Waals surface area contributed by atoms with Crippen LogP contribution in [0.2, 0.25) is 0 Å². The van der Waals surface area contributed by atoms with Crippen molar-refractivity contribution in [2.45, 2.75) is 12.6 Å². The van der Waals surface area contributed by atoms with E-state index in [-0.39, 0.29) is 5.56 Å². The van der Waals surface area contributed by atoms with Crippen LogP contribution in [0.1, 0.15) is 15.9 Å². The second-order valence-corrected chi connectivity index (χ2v) is 4.46. The van der Waals surface area contributed by atoms with Crippen LogP contribution in [0.25, 0.3) is 0 Å². The summed E-state index contributed by atoms with van der Waals surface area (Å²) in [7, 11) is 0. The van der Waals surface area contributed by atoms with Gasteiger partial charge in [0.25, 0.3) is 0 Å². The van der Waals surface area contributed by atoms with E-state index in [4.69, 9.17) is 15.6 Å². The number of carbonyl (C=O) groups excluding carboxylic acids is 1. The molecule has 6 heteroatoms. The lowest BCUT2D eigenvalue weighted by Gasteiger charge is -2.31. The van der Waals surface area contributed by atoms with Crippen molar-refractivity contribution >= 4 is 11.9 Å². The van der Waals surface area contributed by atoms with Crippen molar-refractivity contribution in [1.29, 1.82) is 0 Å². The zero-order valence-electron chi connectivity index (χ0n) is 10.4. The second kappa shape index (κ2) is 5.81. The molecule has 1 aliphatic heterocycles. The zero-order chi connectivity index (χ0) is 13.8. The number of carboxylic acid groups (broad SMARTS) is 1. The lowest BCUT2D eigenvalue weighted by atomic mass is 10.1. The maximum absolute atomic E-state index is 11.1. The summed E-state index contributed by atoms with van der Waals surface area (Å²) < 4.78 is 5.25. The average Bonchev–Trinajstić information content (AvgIpc) is 2.39. The van der Waals surface area contributed by atoms with E-state index in [1.165, 1.54) is 0 Å². The van der Waals surface area contributed by atoms with Gasteiger partial charge in [0.15, 0.2) is 0 Å². The summed E-state index contributed by atoms with van der Waals surface area (Å²) in [5.41, 5.74) is 6.22. The Balaban J connectivity index is 2.09. The van der Waals surface area contributed by atoms with Gasteiger partial charge in [0.1, 0.15) is 6.10 Å². The van der Waals surface area contributed by atoms with Crippen molar-refractivity contribution in [2.24, 2.45) is 5.73 Å². The number of aromatic carboxylic acids is 1. The van der Waals surface area contributed by atoms with Gasteiger partial charge in [-0.3, -0.25) is 9.69 Å². The molecule has 1 aromatic carbocycles. The monoisotopic (exact) mass is 264 g/mol. The molecule has 3 N–H and O–H groups in total. The lowest BCUT2D eigenvalue weighted by Crippen LogP contribution is -2.48. The van der Waals surface area contributed by atoms with Crippen molar-refractivity contribution < 1.29 is 19.4 Å². The first kappa shape index (κ1) is 13.5. The maximum Gasteiger partial charge on any atom is 0.336 e. The van der Waals surface area contributed by atoms with Crippen molar-refractivity contribution in [1.82, 2.24) is 4.90 Å². The van der Waals surface area contributed by atoms with Crippen LogP contribution >= 0.6 is 0 Å². The Bertz CT molecular complexity index is 489. The molecule has 6 nitrogen and oxygen atoms in total. The summed E-state index contributed by atoms with van der Waals surface area (Å²) in [6.07, 6.45) is -0.620. The van der Waals surface area contributed by atoms with Gasteiger partial charge in [-0.1, -0.05) is 18.2 Å². The fraction of sp³-hybridized carbons (Fsp3) is 0.385. The predicted octanol–water partition coefficient (Wildman–Crippen LogP) is 0.0709. The van der Waals surface area contributed by atoms with Gasteiger partial charge in [0.2, 0.25) is 5.91 Å². The molecule has 0 unspecified atom stereocenters. The Hall–Kier alpha value is -1.92. The van der Waals surface area contributed by atoms with Gasteiger partial charge >= 0.3 is 5.97 Å². The molecule has 1 heterocycles. The molecule has 0 aliphatic carbocycles. The SMILES string of the molecule is NC(=O)[C@H]1CN(Cc2ccccc2C(=O)O)CCO1. The number of hydrogen-bond donors (Lipinski definition) is 2. The van der Waals surface area contributed by atoms with Gasteiger partial charge in [-0.2, -0.15) is 0 Å². The Morgan fingerprint density at radius 2 is 2.16 bits per heavy atom. The van der Waals surface area contributed by atoms with Crippen LogP contribution in [0.15, 0.2) is 24.3 Å². The molecule has 2 rings (SSSR count). The smallest absolute Gasteiger partial charge is 0.336 e. The first-order valence-electron chi connectivity index (χ1n) is 6.02. The number of carbonyl (C=O) groups is 2. The highest BCUT2D eigenvalue weighted by molar-refractivity contribution is 5.89. The normalized spacial score (nSPS) is 20.1. The number of benzene rings is 1. The highest BCUT2D eigenvalue weighted by Crippen LogP contribution is 2.14. The van der Waals surface area contributed by atoms with Crippen LogP contribution in [-0.4, -0.2) is 47.7 Å². The maximum atomic E-state index is 11.1. The molecule has 1 atom stereocenters. The molecule has 19 heavy (non-hydrogen) atoms. The molecule has 0 aromatic heterocycles. The summed E-state index contributed by atoms with van der Waals surface area (Å²) in [6.45, 7) is 1.93. The van der Waals surface area contributed by atoms with Gasteiger partial charge in [-0.15, -0.1) is 0 Å². The van der Waals surface area contributed by atoms with Crippen LogP contribution in [0.5, 0.6) is 0 Å². The zero-order valence-corrected chi connectivity index (χ0v) is 10.4. The third-order valence-electron chi connectivity index (χ3n) is 3.11. The van der Waals surface area contributed by atoms with Gasteiger partial charge in [-0.25, -0.2) is 4.79 Å². The third kappa shape index (κ3) is 3.30. The fourth-order valence-corrected chi connectivity index (χ4v) is 2.13. The van der Waals surface area contributed by atoms with E-state index < -0.39 is 18.0 Å². The summed E-state index contributed by atoms with van der Waals surface area (Å²) in [4.78, 5) is 24.2. The van der Waals surface area contributed by atoms with Gasteiger partial charge in [0.05, 0.1) is 12.2 Å². The highest BCUT2D eigenvalue weighted by Gasteiger charge is 2.25. The predicted molar refractivity (Wildman–Crippen MR) is 67.6 cm³/mol. The van der Waals surface area contributed by atoms with Crippen molar-refractivity contribution in [2.75, 3.05) is 19.7 Å². The Labute approximate surface area is 110 Å². The fourth-order valence-electron chi connectivity index (χ4n) is 2.13. The molecule has 0 saturated carbocycles. The van der Waals surface area contributed by atoms with Crippen molar-refractivity contribution in [3.05, 3.63) is 35.4 Å². The van der Waals surface area contributed by atoms with Crippen LogP contribution in [-0.2, 0) is 16.1 Å². The Kier molecular flexibility index (Phi) is 4.13. The van der Waals surface area contributed by atoms with E-state index in [2.05, 4.69) is 0 Å². The molecule has 0 radical (unpaired) electrons. The van der Waals surface area contributed by atoms with Crippen LogP contribution in [0.4, 0.5) is 0 Å². The van der Waals surface area contributed by atoms with Gasteiger partial charge in [0, 0.05) is 19.6 Å². The first-order chi connectivity index (χ1) is 9.08. The van der Waals surface area contributed by atoms with Crippen LogP contribution < -0.4 is 5.73 Å².